The molecule has 1 aliphatic rings. The second kappa shape index (κ2) is 3.29. The summed E-state index contributed by atoms with van der Waals surface area (Å²) in [6.07, 6.45) is 2.10. The van der Waals surface area contributed by atoms with Gasteiger partial charge in [0.25, 0.3) is 0 Å². The highest BCUT2D eigenvalue weighted by molar-refractivity contribution is 4.90. The van der Waals surface area contributed by atoms with E-state index in [1.807, 2.05) is 13.8 Å². The molecule has 2 atom stereocenters. The molecular formula is C8H14N2O2. The summed E-state index contributed by atoms with van der Waals surface area (Å²) in [4.78, 5) is 20.6. The fourth-order valence-electron chi connectivity index (χ4n) is 2.00. The summed E-state index contributed by atoms with van der Waals surface area (Å²) in [5, 5.41) is 5.98. The lowest BCUT2D eigenvalue weighted by molar-refractivity contribution is 0.199. The lowest BCUT2D eigenvalue weighted by Crippen LogP contribution is -2.32. The zero-order chi connectivity index (χ0) is 9.19. The minimum absolute atomic E-state index is 0.0371. The Labute approximate surface area is 71.7 Å². The Hall–Kier alpha value is -0.800. The number of rotatable bonds is 2. The summed E-state index contributed by atoms with van der Waals surface area (Å²) < 4.78 is 0. The molecule has 68 valence electrons. The zero-order valence-electron chi connectivity index (χ0n) is 7.49. The minimum Gasteiger partial charge on any atom is -0.151 e. The van der Waals surface area contributed by atoms with Gasteiger partial charge < -0.3 is 0 Å². The summed E-state index contributed by atoms with van der Waals surface area (Å²) in [6, 6.07) is -0.423. The Bertz CT molecular complexity index is 173. The molecule has 0 aromatic rings. The van der Waals surface area contributed by atoms with Crippen molar-refractivity contribution in [3.8, 4) is 0 Å². The average Bonchev–Trinajstić information content (AvgIpc) is 2.01. The molecular weight excluding hydrogens is 156 g/mol. The highest BCUT2D eigenvalue weighted by Crippen LogP contribution is 2.37. The molecule has 12 heavy (non-hydrogen) atoms. The van der Waals surface area contributed by atoms with E-state index in [0.29, 0.717) is 6.42 Å². The maximum Gasteiger partial charge on any atom is 0.0946 e. The van der Waals surface area contributed by atoms with Gasteiger partial charge in [-0.3, -0.25) is 0 Å². The monoisotopic (exact) mass is 170 g/mol. The quantitative estimate of drug-likeness (QED) is 0.597. The number of nitrogens with zero attached hydrogens (tertiary/aromatic N) is 2. The molecule has 0 N–H and O–H groups in total. The van der Waals surface area contributed by atoms with Crippen molar-refractivity contribution in [1.82, 2.24) is 0 Å². The van der Waals surface area contributed by atoms with Crippen molar-refractivity contribution in [2.75, 3.05) is 0 Å². The third kappa shape index (κ3) is 2.09. The molecule has 2 unspecified atom stereocenters. The molecule has 4 heteroatoms. The molecule has 4 nitrogen and oxygen atoms in total. The van der Waals surface area contributed by atoms with E-state index in [0.717, 1.165) is 12.8 Å². The second-order valence-corrected chi connectivity index (χ2v) is 4.33. The van der Waals surface area contributed by atoms with Crippen LogP contribution in [0, 0.1) is 15.2 Å². The van der Waals surface area contributed by atoms with Gasteiger partial charge in [-0.1, -0.05) is 24.2 Å². The predicted octanol–water partition coefficient (Wildman–Crippen LogP) is 2.47. The molecule has 0 radical (unpaired) electrons. The molecule has 0 bridgehead atoms. The molecule has 0 saturated heterocycles. The molecule has 1 fully saturated rings. The van der Waals surface area contributed by atoms with Crippen LogP contribution in [0.15, 0.2) is 10.4 Å². The molecule has 0 aromatic heterocycles. The lowest BCUT2D eigenvalue weighted by Gasteiger charge is -2.34. The highest BCUT2D eigenvalue weighted by Gasteiger charge is 2.35. The van der Waals surface area contributed by atoms with Gasteiger partial charge in [0.05, 0.1) is 12.1 Å². The topological polar surface area (TPSA) is 58.9 Å². The molecule has 0 amide bonds. The van der Waals surface area contributed by atoms with E-state index in [4.69, 9.17) is 0 Å². The first-order chi connectivity index (χ1) is 5.57. The normalized spacial score (nSPS) is 34.2. The number of hydrogen-bond donors (Lipinski definition) is 0. The van der Waals surface area contributed by atoms with Crippen LogP contribution in [0.25, 0.3) is 0 Å². The fourth-order valence-corrected chi connectivity index (χ4v) is 2.00. The van der Waals surface area contributed by atoms with Crippen molar-refractivity contribution < 1.29 is 0 Å². The standard InChI is InChI=1S/C8H14N2O2/c1-8(2)4-6(9-11)3-7(5-8)10-12/h6-7H,3-5H2,1-2H3. The smallest absolute Gasteiger partial charge is 0.0946 e. The van der Waals surface area contributed by atoms with E-state index >= 15 is 0 Å². The van der Waals surface area contributed by atoms with E-state index in [1.54, 1.807) is 0 Å². The van der Waals surface area contributed by atoms with Crippen molar-refractivity contribution in [3.05, 3.63) is 9.81 Å². The van der Waals surface area contributed by atoms with E-state index in [-0.39, 0.29) is 17.5 Å². The third-order valence-electron chi connectivity index (χ3n) is 2.42. The van der Waals surface area contributed by atoms with Crippen molar-refractivity contribution >= 4 is 0 Å². The molecule has 1 aliphatic carbocycles. The minimum atomic E-state index is -0.212. The maximum absolute atomic E-state index is 10.3. The maximum atomic E-state index is 10.3. The second-order valence-electron chi connectivity index (χ2n) is 4.33. The largest absolute Gasteiger partial charge is 0.151 e. The summed E-state index contributed by atoms with van der Waals surface area (Å²) in [6.45, 7) is 4.09. The Morgan fingerprint density at radius 2 is 1.50 bits per heavy atom. The van der Waals surface area contributed by atoms with Gasteiger partial charge in [0.15, 0.2) is 0 Å². The average molecular weight is 170 g/mol. The Balaban J connectivity index is 2.64. The van der Waals surface area contributed by atoms with Gasteiger partial charge in [-0.15, -0.1) is 0 Å². The van der Waals surface area contributed by atoms with Crippen LogP contribution in [0.5, 0.6) is 0 Å². The molecule has 1 rings (SSSR count). The highest BCUT2D eigenvalue weighted by atomic mass is 16.3. The van der Waals surface area contributed by atoms with Crippen molar-refractivity contribution in [2.45, 2.75) is 45.2 Å². The first kappa shape index (κ1) is 9.29. The third-order valence-corrected chi connectivity index (χ3v) is 2.42. The van der Waals surface area contributed by atoms with Crippen LogP contribution >= 0.6 is 0 Å². The fraction of sp³-hybridized carbons (Fsp3) is 1.00. The van der Waals surface area contributed by atoms with Crippen LogP contribution in [0.3, 0.4) is 0 Å². The van der Waals surface area contributed by atoms with E-state index < -0.39 is 0 Å². The van der Waals surface area contributed by atoms with E-state index in [1.165, 1.54) is 0 Å². The predicted molar refractivity (Wildman–Crippen MR) is 46.8 cm³/mol. The summed E-state index contributed by atoms with van der Waals surface area (Å²) in [5.74, 6) is 0. The number of hydrogen-bond acceptors (Lipinski definition) is 4. The van der Waals surface area contributed by atoms with Crippen LogP contribution < -0.4 is 0 Å². The van der Waals surface area contributed by atoms with Crippen LogP contribution in [-0.2, 0) is 0 Å². The van der Waals surface area contributed by atoms with Crippen molar-refractivity contribution in [1.29, 1.82) is 0 Å². The zero-order valence-corrected chi connectivity index (χ0v) is 7.49. The summed E-state index contributed by atoms with van der Waals surface area (Å²) in [7, 11) is 0. The van der Waals surface area contributed by atoms with Crippen LogP contribution in [-0.4, -0.2) is 12.1 Å². The Morgan fingerprint density at radius 1 is 1.08 bits per heavy atom. The SMILES string of the molecule is CC1(C)CC(N=O)CC(N=O)C1. The van der Waals surface area contributed by atoms with Gasteiger partial charge >= 0.3 is 0 Å². The van der Waals surface area contributed by atoms with Gasteiger partial charge in [0, 0.05) is 0 Å². The first-order valence-corrected chi connectivity index (χ1v) is 4.22. The summed E-state index contributed by atoms with van der Waals surface area (Å²) in [5.41, 5.74) is 0.0371. The molecule has 0 heterocycles. The van der Waals surface area contributed by atoms with Crippen LogP contribution in [0.4, 0.5) is 0 Å². The van der Waals surface area contributed by atoms with E-state index in [9.17, 15) is 9.81 Å². The van der Waals surface area contributed by atoms with Gasteiger partial charge in [-0.25, -0.2) is 0 Å². The Morgan fingerprint density at radius 3 is 1.83 bits per heavy atom. The van der Waals surface area contributed by atoms with Gasteiger partial charge in [0.1, 0.15) is 0 Å². The van der Waals surface area contributed by atoms with Crippen molar-refractivity contribution in [2.24, 2.45) is 15.8 Å². The van der Waals surface area contributed by atoms with Crippen molar-refractivity contribution in [3.63, 3.8) is 0 Å². The molecule has 1 saturated carbocycles. The molecule has 0 aliphatic heterocycles. The van der Waals surface area contributed by atoms with Gasteiger partial charge in [0.2, 0.25) is 0 Å². The van der Waals surface area contributed by atoms with Gasteiger partial charge in [-0.05, 0) is 24.7 Å². The molecule has 0 spiro atoms. The van der Waals surface area contributed by atoms with E-state index in [2.05, 4.69) is 10.4 Å². The van der Waals surface area contributed by atoms with Crippen LogP contribution in [0.2, 0.25) is 0 Å². The summed E-state index contributed by atoms with van der Waals surface area (Å²) >= 11 is 0. The molecule has 0 aromatic carbocycles. The number of nitroso groups, excluding NO2 is 2. The first-order valence-electron chi connectivity index (χ1n) is 4.22. The Kier molecular flexibility index (Phi) is 2.55. The van der Waals surface area contributed by atoms with Gasteiger partial charge in [-0.2, -0.15) is 9.81 Å². The van der Waals surface area contributed by atoms with Crippen LogP contribution in [0.1, 0.15) is 33.1 Å². The lowest BCUT2D eigenvalue weighted by atomic mass is 9.73.